The van der Waals surface area contributed by atoms with Gasteiger partial charge in [-0.1, -0.05) is 33.8 Å². The standard InChI is InChI=1S/C16H25N3O2S/c1-10(2)8-13(15(17)20)19-16(21)12-6-5-7-14(18-12)22-9-11(3)4/h5-7,10-11,13H,8-9H2,1-4H3,(H2,17,20)(H,19,21)/t13-/m0/s1. The number of nitrogens with zero attached hydrogens (tertiary/aromatic N) is 1. The summed E-state index contributed by atoms with van der Waals surface area (Å²) in [5.41, 5.74) is 5.65. The highest BCUT2D eigenvalue weighted by Gasteiger charge is 2.20. The van der Waals surface area contributed by atoms with Crippen LogP contribution in [-0.2, 0) is 4.79 Å². The lowest BCUT2D eigenvalue weighted by Gasteiger charge is -2.17. The second-order valence-corrected chi connectivity index (χ2v) is 7.16. The molecule has 0 saturated heterocycles. The summed E-state index contributed by atoms with van der Waals surface area (Å²) in [6, 6.07) is 4.65. The number of carbonyl (C=O) groups excluding carboxylic acids is 2. The number of amides is 2. The summed E-state index contributed by atoms with van der Waals surface area (Å²) in [4.78, 5) is 28.0. The van der Waals surface area contributed by atoms with Gasteiger partial charge in [0.1, 0.15) is 11.7 Å². The molecule has 0 aliphatic heterocycles. The Morgan fingerprint density at radius 2 is 1.91 bits per heavy atom. The molecule has 5 nitrogen and oxygen atoms in total. The number of rotatable bonds is 8. The number of hydrogen-bond acceptors (Lipinski definition) is 4. The minimum atomic E-state index is -0.665. The van der Waals surface area contributed by atoms with Crippen molar-refractivity contribution in [2.24, 2.45) is 17.6 Å². The zero-order valence-corrected chi connectivity index (χ0v) is 14.4. The van der Waals surface area contributed by atoms with Crippen LogP contribution in [0.25, 0.3) is 0 Å². The first-order valence-corrected chi connectivity index (χ1v) is 8.48. The highest BCUT2D eigenvalue weighted by Crippen LogP contribution is 2.18. The van der Waals surface area contributed by atoms with E-state index < -0.39 is 11.9 Å². The fourth-order valence-electron chi connectivity index (χ4n) is 1.82. The molecule has 2 amide bonds. The highest BCUT2D eigenvalue weighted by molar-refractivity contribution is 7.99. The zero-order valence-electron chi connectivity index (χ0n) is 13.6. The van der Waals surface area contributed by atoms with Crippen molar-refractivity contribution < 1.29 is 9.59 Å². The van der Waals surface area contributed by atoms with Crippen molar-refractivity contribution in [3.63, 3.8) is 0 Å². The van der Waals surface area contributed by atoms with Gasteiger partial charge in [-0.2, -0.15) is 0 Å². The Hall–Kier alpha value is -1.56. The SMILES string of the molecule is CC(C)CSc1cccc(C(=O)N[C@@H](CC(C)C)C(N)=O)n1. The lowest BCUT2D eigenvalue weighted by atomic mass is 10.0. The van der Waals surface area contributed by atoms with Gasteiger partial charge in [0.2, 0.25) is 5.91 Å². The molecular formula is C16H25N3O2S. The first-order valence-electron chi connectivity index (χ1n) is 7.49. The molecule has 3 N–H and O–H groups in total. The Labute approximate surface area is 136 Å². The van der Waals surface area contributed by atoms with E-state index in [1.807, 2.05) is 19.9 Å². The quantitative estimate of drug-likeness (QED) is 0.720. The zero-order chi connectivity index (χ0) is 16.7. The van der Waals surface area contributed by atoms with Gasteiger partial charge in [-0.15, -0.1) is 11.8 Å². The summed E-state index contributed by atoms with van der Waals surface area (Å²) >= 11 is 1.61. The van der Waals surface area contributed by atoms with Gasteiger partial charge >= 0.3 is 0 Å². The third-order valence-electron chi connectivity index (χ3n) is 2.88. The minimum absolute atomic E-state index is 0.263. The van der Waals surface area contributed by atoms with Crippen LogP contribution in [0.2, 0.25) is 0 Å². The number of primary amides is 1. The van der Waals surface area contributed by atoms with Crippen molar-refractivity contribution >= 4 is 23.6 Å². The number of hydrogen-bond donors (Lipinski definition) is 2. The molecule has 1 aromatic heterocycles. The van der Waals surface area contributed by atoms with Crippen LogP contribution in [0.1, 0.15) is 44.6 Å². The molecule has 22 heavy (non-hydrogen) atoms. The smallest absolute Gasteiger partial charge is 0.270 e. The maximum absolute atomic E-state index is 12.2. The Morgan fingerprint density at radius 3 is 2.45 bits per heavy atom. The van der Waals surface area contributed by atoms with Crippen LogP contribution in [0.3, 0.4) is 0 Å². The first-order chi connectivity index (χ1) is 10.3. The minimum Gasteiger partial charge on any atom is -0.368 e. The Morgan fingerprint density at radius 1 is 1.23 bits per heavy atom. The van der Waals surface area contributed by atoms with Crippen LogP contribution in [-0.4, -0.2) is 28.6 Å². The van der Waals surface area contributed by atoms with Crippen LogP contribution in [0, 0.1) is 11.8 Å². The van der Waals surface area contributed by atoms with Crippen LogP contribution >= 0.6 is 11.8 Å². The molecule has 0 aromatic carbocycles. The van der Waals surface area contributed by atoms with Crippen molar-refractivity contribution in [2.75, 3.05) is 5.75 Å². The predicted octanol–water partition coefficient (Wildman–Crippen LogP) is 2.46. The van der Waals surface area contributed by atoms with Crippen molar-refractivity contribution in [1.82, 2.24) is 10.3 Å². The summed E-state index contributed by atoms with van der Waals surface area (Å²) in [5.74, 6) is 0.868. The Balaban J connectivity index is 2.75. The van der Waals surface area contributed by atoms with E-state index in [0.29, 0.717) is 18.0 Å². The van der Waals surface area contributed by atoms with E-state index in [9.17, 15) is 9.59 Å². The molecule has 0 bridgehead atoms. The molecule has 122 valence electrons. The molecule has 1 aromatic rings. The largest absolute Gasteiger partial charge is 0.368 e. The van der Waals surface area contributed by atoms with Gasteiger partial charge in [0.25, 0.3) is 5.91 Å². The molecule has 0 radical (unpaired) electrons. The van der Waals surface area contributed by atoms with E-state index >= 15 is 0 Å². The summed E-state index contributed by atoms with van der Waals surface area (Å²) in [7, 11) is 0. The predicted molar refractivity (Wildman–Crippen MR) is 89.7 cm³/mol. The maximum atomic E-state index is 12.2. The average molecular weight is 323 g/mol. The molecule has 0 spiro atoms. The van der Waals surface area contributed by atoms with Gasteiger partial charge in [0.15, 0.2) is 0 Å². The van der Waals surface area contributed by atoms with Crippen LogP contribution in [0.4, 0.5) is 0 Å². The summed E-state index contributed by atoms with van der Waals surface area (Å²) in [6.07, 6.45) is 0.517. The normalized spacial score (nSPS) is 12.5. The number of nitrogens with one attached hydrogen (secondary N) is 1. The fraction of sp³-hybridized carbons (Fsp3) is 0.562. The molecule has 1 rings (SSSR count). The van der Waals surface area contributed by atoms with Crippen molar-refractivity contribution in [1.29, 1.82) is 0 Å². The molecule has 6 heteroatoms. The Bertz CT molecular complexity index is 518. The van der Waals surface area contributed by atoms with Crippen molar-refractivity contribution in [2.45, 2.75) is 45.2 Å². The molecule has 0 aliphatic rings. The van der Waals surface area contributed by atoms with Crippen molar-refractivity contribution in [3.05, 3.63) is 23.9 Å². The topological polar surface area (TPSA) is 85.1 Å². The number of nitrogens with two attached hydrogens (primary N) is 1. The van der Waals surface area contributed by atoms with E-state index in [1.54, 1.807) is 23.9 Å². The molecular weight excluding hydrogens is 298 g/mol. The molecule has 1 heterocycles. The molecule has 0 aliphatic carbocycles. The average Bonchev–Trinajstić information content (AvgIpc) is 2.44. The second kappa shape index (κ2) is 8.78. The second-order valence-electron chi connectivity index (χ2n) is 6.12. The van der Waals surface area contributed by atoms with Gasteiger partial charge < -0.3 is 11.1 Å². The highest BCUT2D eigenvalue weighted by atomic mass is 32.2. The van der Waals surface area contributed by atoms with Crippen LogP contribution in [0.15, 0.2) is 23.2 Å². The van der Waals surface area contributed by atoms with Crippen LogP contribution in [0.5, 0.6) is 0 Å². The molecule has 0 fully saturated rings. The molecule has 0 saturated carbocycles. The lowest BCUT2D eigenvalue weighted by Crippen LogP contribution is -2.45. The number of pyridine rings is 1. The third kappa shape index (κ3) is 6.47. The summed E-state index contributed by atoms with van der Waals surface area (Å²) in [6.45, 7) is 8.22. The van der Waals surface area contributed by atoms with Gasteiger partial charge in [0.05, 0.1) is 5.03 Å². The van der Waals surface area contributed by atoms with Gasteiger partial charge in [-0.05, 0) is 30.4 Å². The van der Waals surface area contributed by atoms with Gasteiger partial charge in [0, 0.05) is 5.75 Å². The van der Waals surface area contributed by atoms with Gasteiger partial charge in [-0.25, -0.2) is 4.98 Å². The molecule has 1 atom stereocenters. The monoisotopic (exact) mass is 323 g/mol. The number of thioether (sulfide) groups is 1. The lowest BCUT2D eigenvalue weighted by molar-refractivity contribution is -0.120. The van der Waals surface area contributed by atoms with Crippen molar-refractivity contribution in [3.8, 4) is 0 Å². The first kappa shape index (κ1) is 18.5. The third-order valence-corrected chi connectivity index (χ3v) is 4.23. The summed E-state index contributed by atoms with van der Waals surface area (Å²) in [5, 5.41) is 3.48. The number of carbonyl (C=O) groups is 2. The van der Waals surface area contributed by atoms with E-state index in [0.717, 1.165) is 10.8 Å². The van der Waals surface area contributed by atoms with E-state index in [1.165, 1.54) is 0 Å². The maximum Gasteiger partial charge on any atom is 0.270 e. The van der Waals surface area contributed by atoms with E-state index in [-0.39, 0.29) is 11.8 Å². The fourth-order valence-corrected chi connectivity index (χ4v) is 2.67. The summed E-state index contributed by atoms with van der Waals surface area (Å²) < 4.78 is 0. The van der Waals surface area contributed by atoms with Gasteiger partial charge in [-0.3, -0.25) is 9.59 Å². The van der Waals surface area contributed by atoms with Crippen LogP contribution < -0.4 is 11.1 Å². The Kier molecular flexibility index (Phi) is 7.38. The molecule has 0 unspecified atom stereocenters. The van der Waals surface area contributed by atoms with E-state index in [2.05, 4.69) is 24.1 Å². The van der Waals surface area contributed by atoms with E-state index in [4.69, 9.17) is 5.73 Å². The number of aromatic nitrogens is 1.